The molecule has 2 heterocycles. The molecule has 3 rings (SSSR count). The van der Waals surface area contributed by atoms with Gasteiger partial charge in [0.25, 0.3) is 0 Å². The predicted molar refractivity (Wildman–Crippen MR) is 104 cm³/mol. The van der Waals surface area contributed by atoms with Gasteiger partial charge in [-0.05, 0) is 39.3 Å². The van der Waals surface area contributed by atoms with Gasteiger partial charge in [0.1, 0.15) is 5.69 Å². The van der Waals surface area contributed by atoms with Crippen LogP contribution in [0.1, 0.15) is 56.3 Å². The van der Waals surface area contributed by atoms with Gasteiger partial charge < -0.3 is 19.4 Å². The number of esters is 2. The van der Waals surface area contributed by atoms with E-state index < -0.39 is 18.0 Å². The number of nitrogens with one attached hydrogen (secondary N) is 2. The van der Waals surface area contributed by atoms with Crippen molar-refractivity contribution in [1.29, 1.82) is 0 Å². The topological polar surface area (TPSA) is 101 Å². The van der Waals surface area contributed by atoms with Crippen molar-refractivity contribution in [3.63, 3.8) is 0 Å². The van der Waals surface area contributed by atoms with Crippen LogP contribution in [0.2, 0.25) is 0 Å². The summed E-state index contributed by atoms with van der Waals surface area (Å²) < 4.78 is 10.4. The molecular weight excluding hydrogens is 360 g/mol. The van der Waals surface area contributed by atoms with Gasteiger partial charge in [-0.2, -0.15) is 0 Å². The maximum atomic E-state index is 12.8. The average molecular weight is 382 g/mol. The summed E-state index contributed by atoms with van der Waals surface area (Å²) in [6.45, 7) is 6.79. The van der Waals surface area contributed by atoms with Crippen molar-refractivity contribution in [2.24, 2.45) is 0 Å². The molecule has 2 N–H and O–H groups in total. The third-order valence-electron chi connectivity index (χ3n) is 4.63. The second kappa shape index (κ2) is 7.72. The first-order valence-corrected chi connectivity index (χ1v) is 9.02. The molecular formula is C21H22N2O5. The molecule has 0 bridgehead atoms. The Hall–Kier alpha value is -3.35. The molecule has 0 fully saturated rings. The molecule has 0 radical (unpaired) electrons. The highest BCUT2D eigenvalue weighted by Gasteiger charge is 2.27. The Kier molecular flexibility index (Phi) is 5.35. The fourth-order valence-corrected chi connectivity index (χ4v) is 3.23. The number of hydrogen-bond acceptors (Lipinski definition) is 5. The molecule has 1 aromatic carbocycles. The van der Waals surface area contributed by atoms with Gasteiger partial charge in [0.05, 0.1) is 12.2 Å². The second-order valence-corrected chi connectivity index (χ2v) is 6.51. The number of ketones is 1. The highest BCUT2D eigenvalue weighted by molar-refractivity contribution is 6.10. The van der Waals surface area contributed by atoms with Crippen LogP contribution in [0, 0.1) is 13.8 Å². The van der Waals surface area contributed by atoms with Crippen LogP contribution in [0.3, 0.4) is 0 Å². The zero-order valence-corrected chi connectivity index (χ0v) is 16.2. The van der Waals surface area contributed by atoms with Crippen molar-refractivity contribution in [3.05, 3.63) is 58.5 Å². The second-order valence-electron chi connectivity index (χ2n) is 6.51. The number of aromatic amines is 2. The van der Waals surface area contributed by atoms with E-state index in [1.54, 1.807) is 27.0 Å². The van der Waals surface area contributed by atoms with Gasteiger partial charge in [0, 0.05) is 28.4 Å². The van der Waals surface area contributed by atoms with E-state index in [9.17, 15) is 14.4 Å². The summed E-state index contributed by atoms with van der Waals surface area (Å²) in [7, 11) is 0. The van der Waals surface area contributed by atoms with Crippen LogP contribution in [0.4, 0.5) is 0 Å². The Morgan fingerprint density at radius 3 is 2.54 bits per heavy atom. The summed E-state index contributed by atoms with van der Waals surface area (Å²) in [5.41, 5.74) is 2.69. The Labute approximate surface area is 162 Å². The fourth-order valence-electron chi connectivity index (χ4n) is 3.23. The number of ether oxygens (including phenoxy) is 2. The highest BCUT2D eigenvalue weighted by Crippen LogP contribution is 2.22. The van der Waals surface area contributed by atoms with E-state index in [1.807, 2.05) is 24.3 Å². The predicted octanol–water partition coefficient (Wildman–Crippen LogP) is 3.72. The SMILES string of the molecule is CCOC(=O)c1c(C)[nH]c(C(=O)O[C@@H](C)C(=O)c2c[nH]c3ccccc23)c1C. The van der Waals surface area contributed by atoms with Gasteiger partial charge in [0.15, 0.2) is 6.10 Å². The summed E-state index contributed by atoms with van der Waals surface area (Å²) in [5.74, 6) is -1.51. The Bertz CT molecular complexity index is 1060. The lowest BCUT2D eigenvalue weighted by atomic mass is 10.1. The molecule has 1 atom stereocenters. The molecule has 0 unspecified atom stereocenters. The first kappa shape index (κ1) is 19.4. The molecule has 0 aliphatic rings. The third-order valence-corrected chi connectivity index (χ3v) is 4.63. The van der Waals surface area contributed by atoms with E-state index in [-0.39, 0.29) is 18.1 Å². The smallest absolute Gasteiger partial charge is 0.355 e. The molecule has 146 valence electrons. The standard InChI is InChI=1S/C21H22N2O5/c1-5-27-20(25)17-11(2)18(23-12(17)3)21(26)28-13(4)19(24)15-10-22-16-9-7-6-8-14(15)16/h6-10,13,22-23H,5H2,1-4H3/t13-/m0/s1. The number of rotatable bonds is 6. The molecule has 0 amide bonds. The number of aromatic nitrogens is 2. The summed E-state index contributed by atoms with van der Waals surface area (Å²) in [5, 5.41) is 0.770. The molecule has 7 nitrogen and oxygen atoms in total. The van der Waals surface area contributed by atoms with Crippen molar-refractivity contribution in [2.75, 3.05) is 6.61 Å². The molecule has 28 heavy (non-hydrogen) atoms. The number of carbonyl (C=O) groups is 3. The van der Waals surface area contributed by atoms with Gasteiger partial charge in [0.2, 0.25) is 5.78 Å². The fraction of sp³-hybridized carbons (Fsp3) is 0.286. The molecule has 0 saturated heterocycles. The lowest BCUT2D eigenvalue weighted by Crippen LogP contribution is -2.25. The monoisotopic (exact) mass is 382 g/mol. The summed E-state index contributed by atoms with van der Waals surface area (Å²) in [6.07, 6.45) is 0.626. The zero-order chi connectivity index (χ0) is 20.4. The third kappa shape index (κ3) is 3.43. The quantitative estimate of drug-likeness (QED) is 0.500. The van der Waals surface area contributed by atoms with Crippen molar-refractivity contribution >= 4 is 28.6 Å². The van der Waals surface area contributed by atoms with Gasteiger partial charge in [-0.15, -0.1) is 0 Å². The van der Waals surface area contributed by atoms with Crippen molar-refractivity contribution in [1.82, 2.24) is 9.97 Å². The lowest BCUT2D eigenvalue weighted by Gasteiger charge is -2.12. The van der Waals surface area contributed by atoms with E-state index in [0.717, 1.165) is 10.9 Å². The van der Waals surface area contributed by atoms with Crippen molar-refractivity contribution in [3.8, 4) is 0 Å². The number of Topliss-reactive ketones (excluding diaryl/α,β-unsaturated/α-hetero) is 1. The zero-order valence-electron chi connectivity index (χ0n) is 16.2. The molecule has 0 spiro atoms. The maximum Gasteiger partial charge on any atom is 0.355 e. The van der Waals surface area contributed by atoms with Crippen LogP contribution >= 0.6 is 0 Å². The largest absolute Gasteiger partial charge is 0.462 e. The van der Waals surface area contributed by atoms with Gasteiger partial charge >= 0.3 is 11.9 Å². The van der Waals surface area contributed by atoms with Crippen molar-refractivity contribution in [2.45, 2.75) is 33.8 Å². The molecule has 0 aliphatic carbocycles. The Morgan fingerprint density at radius 1 is 1.11 bits per heavy atom. The Morgan fingerprint density at radius 2 is 1.82 bits per heavy atom. The number of carbonyl (C=O) groups excluding carboxylic acids is 3. The normalized spacial score (nSPS) is 12.0. The van der Waals surface area contributed by atoms with Gasteiger partial charge in [-0.25, -0.2) is 9.59 Å². The summed E-state index contributed by atoms with van der Waals surface area (Å²) in [6, 6.07) is 7.40. The number of benzene rings is 1. The van der Waals surface area contributed by atoms with Crippen LogP contribution in [0.25, 0.3) is 10.9 Å². The van der Waals surface area contributed by atoms with Crippen molar-refractivity contribution < 1.29 is 23.9 Å². The molecule has 0 saturated carbocycles. The van der Waals surface area contributed by atoms with E-state index in [0.29, 0.717) is 22.4 Å². The first-order chi connectivity index (χ1) is 13.3. The van der Waals surface area contributed by atoms with E-state index in [4.69, 9.17) is 9.47 Å². The minimum Gasteiger partial charge on any atom is -0.462 e. The molecule has 7 heteroatoms. The van der Waals surface area contributed by atoms with Crippen LogP contribution in [-0.4, -0.2) is 40.4 Å². The van der Waals surface area contributed by atoms with Gasteiger partial charge in [-0.3, -0.25) is 4.79 Å². The number of hydrogen-bond donors (Lipinski definition) is 2. The maximum absolute atomic E-state index is 12.8. The number of H-pyrrole nitrogens is 2. The minimum atomic E-state index is -0.985. The summed E-state index contributed by atoms with van der Waals surface area (Å²) >= 11 is 0. The molecule has 3 aromatic rings. The Balaban J connectivity index is 1.80. The van der Waals surface area contributed by atoms with Crippen LogP contribution in [0.15, 0.2) is 30.5 Å². The van der Waals surface area contributed by atoms with E-state index in [2.05, 4.69) is 9.97 Å². The lowest BCUT2D eigenvalue weighted by molar-refractivity contribution is 0.0313. The van der Waals surface area contributed by atoms with Crippen LogP contribution in [0.5, 0.6) is 0 Å². The minimum absolute atomic E-state index is 0.138. The van der Waals surface area contributed by atoms with E-state index >= 15 is 0 Å². The molecule has 2 aromatic heterocycles. The first-order valence-electron chi connectivity index (χ1n) is 9.02. The average Bonchev–Trinajstić information content (AvgIpc) is 3.22. The van der Waals surface area contributed by atoms with E-state index in [1.165, 1.54) is 6.92 Å². The number of fused-ring (bicyclic) bond motifs is 1. The van der Waals surface area contributed by atoms with Crippen LogP contribution in [-0.2, 0) is 9.47 Å². The van der Waals surface area contributed by atoms with Crippen LogP contribution < -0.4 is 0 Å². The number of aryl methyl sites for hydroxylation is 1. The number of para-hydroxylation sites is 1. The molecule has 0 aliphatic heterocycles. The highest BCUT2D eigenvalue weighted by atomic mass is 16.5. The summed E-state index contributed by atoms with van der Waals surface area (Å²) in [4.78, 5) is 43.3. The van der Waals surface area contributed by atoms with Gasteiger partial charge in [-0.1, -0.05) is 18.2 Å².